The Kier molecular flexibility index (Phi) is 6.66. The van der Waals surface area contributed by atoms with Gasteiger partial charge in [0, 0.05) is 27.7 Å². The minimum absolute atomic E-state index is 0.131. The molecule has 0 unspecified atom stereocenters. The number of aromatic nitrogens is 3. The first-order valence-corrected chi connectivity index (χ1v) is 11.6. The van der Waals surface area contributed by atoms with Crippen LogP contribution in [-0.2, 0) is 0 Å². The number of nitrogens with two attached hydrogens (primary N) is 1. The topological polar surface area (TPSA) is 102 Å². The van der Waals surface area contributed by atoms with Crippen molar-refractivity contribution in [1.82, 2.24) is 15.0 Å². The summed E-state index contributed by atoms with van der Waals surface area (Å²) in [7, 11) is 4.68. The Balaban J connectivity index is 1.47. The van der Waals surface area contributed by atoms with E-state index < -0.39 is 0 Å². The smallest absolute Gasteiger partial charge is 0.221 e. The fourth-order valence-corrected chi connectivity index (χ4v) is 4.23. The SMILES string of the molecule is COc1ccc(-c2cc(-c3ccc(Oc4ccnc5cc(Cl)ccc45)cc3)nc(N)n2)c(OC)c1OC. The Bertz CT molecular complexity index is 1590. The molecule has 0 saturated heterocycles. The standard InChI is InChI=1S/C28H23ClN4O4/c1-34-25-11-10-20(26(35-2)27(25)36-3)23-15-21(32-28(30)33-23)16-4-7-18(8-5-16)37-24-12-13-31-22-14-17(29)6-9-19(22)24/h4-15H,1-3H3,(H2,30,32,33). The van der Waals surface area contributed by atoms with Crippen molar-refractivity contribution in [2.24, 2.45) is 0 Å². The molecular formula is C28H23ClN4O4. The fraction of sp³-hybridized carbons (Fsp3) is 0.107. The van der Waals surface area contributed by atoms with Crippen LogP contribution in [0.3, 0.4) is 0 Å². The third kappa shape index (κ3) is 4.79. The molecule has 0 fully saturated rings. The fourth-order valence-electron chi connectivity index (χ4n) is 4.06. The van der Waals surface area contributed by atoms with E-state index >= 15 is 0 Å². The number of ether oxygens (including phenoxy) is 4. The number of halogens is 1. The van der Waals surface area contributed by atoms with Gasteiger partial charge in [0.1, 0.15) is 11.5 Å². The van der Waals surface area contributed by atoms with Crippen LogP contribution in [0, 0.1) is 0 Å². The van der Waals surface area contributed by atoms with E-state index in [0.29, 0.717) is 50.7 Å². The second-order valence-electron chi connectivity index (χ2n) is 7.98. The number of rotatable bonds is 7. The van der Waals surface area contributed by atoms with Gasteiger partial charge in [0.25, 0.3) is 0 Å². The molecule has 5 aromatic rings. The summed E-state index contributed by atoms with van der Waals surface area (Å²) in [6.07, 6.45) is 1.69. The molecule has 0 bridgehead atoms. The number of benzene rings is 3. The van der Waals surface area contributed by atoms with Gasteiger partial charge in [-0.1, -0.05) is 11.6 Å². The maximum Gasteiger partial charge on any atom is 0.221 e. The predicted molar refractivity (Wildman–Crippen MR) is 144 cm³/mol. The Morgan fingerprint density at radius 3 is 2.22 bits per heavy atom. The van der Waals surface area contributed by atoms with Crippen molar-refractivity contribution in [1.29, 1.82) is 0 Å². The van der Waals surface area contributed by atoms with Gasteiger partial charge in [-0.2, -0.15) is 0 Å². The monoisotopic (exact) mass is 514 g/mol. The molecule has 2 heterocycles. The summed E-state index contributed by atoms with van der Waals surface area (Å²) in [5.74, 6) is 2.98. The first-order valence-electron chi connectivity index (χ1n) is 11.3. The summed E-state index contributed by atoms with van der Waals surface area (Å²) < 4.78 is 22.7. The first-order chi connectivity index (χ1) is 18.0. The summed E-state index contributed by atoms with van der Waals surface area (Å²) in [6.45, 7) is 0. The molecule has 0 saturated carbocycles. The van der Waals surface area contributed by atoms with E-state index in [1.54, 1.807) is 39.7 Å². The summed E-state index contributed by atoms with van der Waals surface area (Å²) in [4.78, 5) is 13.2. The van der Waals surface area contributed by atoms with Crippen molar-refractivity contribution in [2.45, 2.75) is 0 Å². The molecule has 37 heavy (non-hydrogen) atoms. The molecule has 0 aliphatic carbocycles. The van der Waals surface area contributed by atoms with Crippen LogP contribution in [0.1, 0.15) is 0 Å². The molecule has 2 aromatic heterocycles. The molecule has 8 nitrogen and oxygen atoms in total. The lowest BCUT2D eigenvalue weighted by Gasteiger charge is -2.16. The number of fused-ring (bicyclic) bond motifs is 1. The van der Waals surface area contributed by atoms with E-state index in [1.807, 2.05) is 54.6 Å². The van der Waals surface area contributed by atoms with Gasteiger partial charge in [0.2, 0.25) is 11.7 Å². The number of nitrogens with zero attached hydrogens (tertiary/aromatic N) is 3. The molecule has 9 heteroatoms. The van der Waals surface area contributed by atoms with Gasteiger partial charge in [0.05, 0.1) is 38.2 Å². The van der Waals surface area contributed by atoms with Crippen molar-refractivity contribution >= 4 is 28.5 Å². The normalized spacial score (nSPS) is 10.8. The van der Waals surface area contributed by atoms with Crippen LogP contribution in [-0.4, -0.2) is 36.3 Å². The zero-order chi connectivity index (χ0) is 25.9. The van der Waals surface area contributed by atoms with Gasteiger partial charge in [-0.25, -0.2) is 9.97 Å². The first kappa shape index (κ1) is 24.1. The molecule has 3 aromatic carbocycles. The van der Waals surface area contributed by atoms with Crippen molar-refractivity contribution < 1.29 is 18.9 Å². The summed E-state index contributed by atoms with van der Waals surface area (Å²) in [5, 5.41) is 1.49. The highest BCUT2D eigenvalue weighted by Gasteiger charge is 2.19. The maximum atomic E-state index is 6.13. The lowest BCUT2D eigenvalue weighted by molar-refractivity contribution is 0.325. The average Bonchev–Trinajstić information content (AvgIpc) is 2.92. The predicted octanol–water partition coefficient (Wildman–Crippen LogP) is 6.41. The van der Waals surface area contributed by atoms with E-state index in [-0.39, 0.29) is 5.95 Å². The van der Waals surface area contributed by atoms with Gasteiger partial charge >= 0.3 is 0 Å². The second-order valence-corrected chi connectivity index (χ2v) is 8.41. The van der Waals surface area contributed by atoms with E-state index in [9.17, 15) is 0 Å². The lowest BCUT2D eigenvalue weighted by Crippen LogP contribution is -2.01. The molecule has 0 aliphatic rings. The van der Waals surface area contributed by atoms with Crippen molar-refractivity contribution in [3.8, 4) is 51.3 Å². The van der Waals surface area contributed by atoms with Crippen LogP contribution in [0.25, 0.3) is 33.4 Å². The highest BCUT2D eigenvalue weighted by atomic mass is 35.5. The number of anilines is 1. The molecule has 0 aliphatic heterocycles. The van der Waals surface area contributed by atoms with Crippen molar-refractivity contribution in [3.63, 3.8) is 0 Å². The summed E-state index contributed by atoms with van der Waals surface area (Å²) in [5.41, 5.74) is 9.62. The molecule has 0 spiro atoms. The van der Waals surface area contributed by atoms with Crippen molar-refractivity contribution in [3.05, 3.63) is 77.9 Å². The van der Waals surface area contributed by atoms with Gasteiger partial charge in [-0.15, -0.1) is 0 Å². The average molecular weight is 515 g/mol. The molecule has 2 N–H and O–H groups in total. The van der Waals surface area contributed by atoms with Crippen LogP contribution >= 0.6 is 11.6 Å². The van der Waals surface area contributed by atoms with Crippen LogP contribution in [0.2, 0.25) is 5.02 Å². The molecule has 0 amide bonds. The Hall–Kier alpha value is -4.56. The van der Waals surface area contributed by atoms with Crippen molar-refractivity contribution in [2.75, 3.05) is 27.1 Å². The molecular weight excluding hydrogens is 492 g/mol. The third-order valence-electron chi connectivity index (χ3n) is 5.77. The number of methoxy groups -OCH3 is 3. The summed E-state index contributed by atoms with van der Waals surface area (Å²) in [6, 6.07) is 20.4. The highest BCUT2D eigenvalue weighted by Crippen LogP contribution is 2.44. The Morgan fingerprint density at radius 1 is 0.730 bits per heavy atom. The highest BCUT2D eigenvalue weighted by molar-refractivity contribution is 6.31. The lowest BCUT2D eigenvalue weighted by atomic mass is 10.1. The van der Waals surface area contributed by atoms with Gasteiger partial charge in [0.15, 0.2) is 11.5 Å². The van der Waals surface area contributed by atoms with Gasteiger partial charge in [-0.05, 0) is 66.7 Å². The van der Waals surface area contributed by atoms with Crippen LogP contribution < -0.4 is 24.7 Å². The van der Waals surface area contributed by atoms with Crippen LogP contribution in [0.4, 0.5) is 5.95 Å². The number of hydrogen-bond donors (Lipinski definition) is 1. The minimum atomic E-state index is 0.131. The molecule has 0 atom stereocenters. The second kappa shape index (κ2) is 10.2. The van der Waals surface area contributed by atoms with Gasteiger partial charge in [-0.3, -0.25) is 4.98 Å². The maximum absolute atomic E-state index is 6.13. The quantitative estimate of drug-likeness (QED) is 0.266. The summed E-state index contributed by atoms with van der Waals surface area (Å²) >= 11 is 6.09. The number of nitrogen functional groups attached to an aromatic ring is 1. The van der Waals surface area contributed by atoms with E-state index in [0.717, 1.165) is 16.5 Å². The Morgan fingerprint density at radius 2 is 1.49 bits per heavy atom. The minimum Gasteiger partial charge on any atom is -0.493 e. The van der Waals surface area contributed by atoms with Crippen LogP contribution in [0.15, 0.2) is 72.9 Å². The van der Waals surface area contributed by atoms with E-state index in [1.165, 1.54) is 0 Å². The molecule has 186 valence electrons. The molecule has 0 radical (unpaired) electrons. The van der Waals surface area contributed by atoms with E-state index in [4.69, 9.17) is 36.3 Å². The zero-order valence-electron chi connectivity index (χ0n) is 20.4. The zero-order valence-corrected chi connectivity index (χ0v) is 21.1. The largest absolute Gasteiger partial charge is 0.493 e. The van der Waals surface area contributed by atoms with Gasteiger partial charge < -0.3 is 24.7 Å². The Labute approximate surface area is 218 Å². The van der Waals surface area contributed by atoms with Crippen LogP contribution in [0.5, 0.6) is 28.7 Å². The number of pyridine rings is 1. The van der Waals surface area contributed by atoms with E-state index in [2.05, 4.69) is 15.0 Å². The third-order valence-corrected chi connectivity index (χ3v) is 6.00. The number of hydrogen-bond acceptors (Lipinski definition) is 8. The molecule has 5 rings (SSSR count).